The van der Waals surface area contributed by atoms with Crippen LogP contribution in [0.25, 0.3) is 0 Å². The first-order chi connectivity index (χ1) is 13.9. The molecule has 0 aliphatic carbocycles. The Labute approximate surface area is 171 Å². The van der Waals surface area contributed by atoms with Crippen LogP contribution in [0.3, 0.4) is 0 Å². The summed E-state index contributed by atoms with van der Waals surface area (Å²) in [6.45, 7) is 4.18. The number of nitro benzene ring substituents is 1. The summed E-state index contributed by atoms with van der Waals surface area (Å²) in [6.07, 6.45) is 2.34. The maximum absolute atomic E-state index is 12.7. The molecule has 1 heterocycles. The third-order valence-corrected chi connectivity index (χ3v) is 5.49. The Morgan fingerprint density at radius 1 is 1.17 bits per heavy atom. The third-order valence-electron chi connectivity index (χ3n) is 5.49. The summed E-state index contributed by atoms with van der Waals surface area (Å²) in [5.74, 6) is -0.211. The first-order valence-corrected chi connectivity index (χ1v) is 9.91. The van der Waals surface area contributed by atoms with Crippen LogP contribution < -0.4 is 10.2 Å². The third kappa shape index (κ3) is 4.92. The average molecular weight is 396 g/mol. The van der Waals surface area contributed by atoms with Crippen molar-refractivity contribution in [2.24, 2.45) is 0 Å². The van der Waals surface area contributed by atoms with Gasteiger partial charge in [-0.3, -0.25) is 19.8 Å². The van der Waals surface area contributed by atoms with Crippen molar-refractivity contribution in [1.82, 2.24) is 10.2 Å². The molecule has 1 saturated heterocycles. The van der Waals surface area contributed by atoms with Crippen molar-refractivity contribution in [1.29, 1.82) is 0 Å². The topological polar surface area (TPSA) is 78.7 Å². The molecule has 0 unspecified atom stereocenters. The summed E-state index contributed by atoms with van der Waals surface area (Å²) in [5.41, 5.74) is 3.27. The van der Waals surface area contributed by atoms with E-state index < -0.39 is 4.92 Å². The van der Waals surface area contributed by atoms with Crippen LogP contribution in [-0.2, 0) is 0 Å². The van der Waals surface area contributed by atoms with Crippen LogP contribution in [0, 0.1) is 17.0 Å². The molecule has 3 rings (SSSR count). The Hall–Kier alpha value is -2.93. The van der Waals surface area contributed by atoms with Crippen LogP contribution in [0.1, 0.15) is 40.4 Å². The zero-order valence-corrected chi connectivity index (χ0v) is 17.2. The lowest BCUT2D eigenvalue weighted by Crippen LogP contribution is -2.36. The summed E-state index contributed by atoms with van der Waals surface area (Å²) < 4.78 is 0. The van der Waals surface area contributed by atoms with E-state index in [0.717, 1.165) is 18.8 Å². The maximum Gasteiger partial charge on any atom is 0.272 e. The smallest absolute Gasteiger partial charge is 0.272 e. The summed E-state index contributed by atoms with van der Waals surface area (Å²) >= 11 is 0. The van der Waals surface area contributed by atoms with Gasteiger partial charge in [-0.2, -0.15) is 0 Å². The minimum Gasteiger partial charge on any atom is -0.378 e. The molecule has 7 nitrogen and oxygen atoms in total. The van der Waals surface area contributed by atoms with Gasteiger partial charge >= 0.3 is 0 Å². The first kappa shape index (κ1) is 20.8. The van der Waals surface area contributed by atoms with E-state index in [-0.39, 0.29) is 17.6 Å². The Bertz CT molecular complexity index is 874. The summed E-state index contributed by atoms with van der Waals surface area (Å²) in [6, 6.07) is 13.0. The number of benzene rings is 2. The molecule has 1 atom stereocenters. The van der Waals surface area contributed by atoms with E-state index in [1.54, 1.807) is 13.0 Å². The van der Waals surface area contributed by atoms with Gasteiger partial charge in [-0.1, -0.05) is 12.1 Å². The Morgan fingerprint density at radius 3 is 2.38 bits per heavy atom. The van der Waals surface area contributed by atoms with Crippen molar-refractivity contribution in [3.63, 3.8) is 0 Å². The molecule has 7 heteroatoms. The van der Waals surface area contributed by atoms with E-state index in [0.29, 0.717) is 17.7 Å². The van der Waals surface area contributed by atoms with Gasteiger partial charge in [-0.25, -0.2) is 0 Å². The molecule has 2 aromatic carbocycles. The van der Waals surface area contributed by atoms with Crippen molar-refractivity contribution in [2.45, 2.75) is 25.8 Å². The Kier molecular flexibility index (Phi) is 6.49. The largest absolute Gasteiger partial charge is 0.378 e. The van der Waals surface area contributed by atoms with Gasteiger partial charge in [0, 0.05) is 43.5 Å². The fraction of sp³-hybridized carbons (Fsp3) is 0.409. The van der Waals surface area contributed by atoms with Gasteiger partial charge in [0.25, 0.3) is 11.6 Å². The van der Waals surface area contributed by atoms with Crippen molar-refractivity contribution in [2.75, 3.05) is 38.6 Å². The van der Waals surface area contributed by atoms with Crippen molar-refractivity contribution >= 4 is 17.3 Å². The molecule has 0 saturated carbocycles. The average Bonchev–Trinajstić information content (AvgIpc) is 3.22. The zero-order valence-electron chi connectivity index (χ0n) is 17.2. The van der Waals surface area contributed by atoms with Crippen molar-refractivity contribution in [3.05, 3.63) is 69.3 Å². The van der Waals surface area contributed by atoms with E-state index in [9.17, 15) is 14.9 Å². The molecule has 1 N–H and O–H groups in total. The molecule has 29 heavy (non-hydrogen) atoms. The van der Waals surface area contributed by atoms with E-state index in [4.69, 9.17) is 0 Å². The van der Waals surface area contributed by atoms with Gasteiger partial charge in [-0.15, -0.1) is 0 Å². The molecule has 1 aliphatic heterocycles. The first-order valence-electron chi connectivity index (χ1n) is 9.91. The Balaban J connectivity index is 1.73. The number of nitrogens with one attached hydrogen (secondary N) is 1. The van der Waals surface area contributed by atoms with E-state index >= 15 is 0 Å². The highest BCUT2D eigenvalue weighted by Crippen LogP contribution is 2.26. The van der Waals surface area contributed by atoms with Crippen LogP contribution >= 0.6 is 0 Å². The molecule has 1 amide bonds. The fourth-order valence-electron chi connectivity index (χ4n) is 3.80. The number of nitrogens with zero attached hydrogens (tertiary/aromatic N) is 3. The number of carbonyl (C=O) groups excluding carboxylic acids is 1. The number of likely N-dealkylation sites (tertiary alicyclic amines) is 1. The van der Waals surface area contributed by atoms with E-state index in [1.165, 1.54) is 30.5 Å². The molecule has 154 valence electrons. The lowest BCUT2D eigenvalue weighted by molar-refractivity contribution is -0.385. The van der Waals surface area contributed by atoms with Gasteiger partial charge in [0.2, 0.25) is 0 Å². The van der Waals surface area contributed by atoms with Gasteiger partial charge in [0.15, 0.2) is 0 Å². The SMILES string of the molecule is Cc1cc(C(=O)NC[C@@H](c2ccc(N(C)C)cc2)N2CCCC2)ccc1[N+](=O)[O-]. The molecule has 0 bridgehead atoms. The lowest BCUT2D eigenvalue weighted by Gasteiger charge is -2.28. The predicted octanol–water partition coefficient (Wildman–Crippen LogP) is 3.54. The molecule has 1 fully saturated rings. The molecular weight excluding hydrogens is 368 g/mol. The second-order valence-corrected chi connectivity index (χ2v) is 7.71. The second-order valence-electron chi connectivity index (χ2n) is 7.71. The normalized spacial score (nSPS) is 15.1. The highest BCUT2D eigenvalue weighted by molar-refractivity contribution is 5.94. The minimum atomic E-state index is -0.433. The number of aryl methyl sites for hydroxylation is 1. The maximum atomic E-state index is 12.7. The van der Waals surface area contributed by atoms with Crippen LogP contribution in [0.4, 0.5) is 11.4 Å². The van der Waals surface area contributed by atoms with Crippen LogP contribution in [0.15, 0.2) is 42.5 Å². The monoisotopic (exact) mass is 396 g/mol. The minimum absolute atomic E-state index is 0.0254. The van der Waals surface area contributed by atoms with Crippen molar-refractivity contribution < 1.29 is 9.72 Å². The van der Waals surface area contributed by atoms with Gasteiger partial charge in [-0.05, 0) is 62.7 Å². The predicted molar refractivity (Wildman–Crippen MR) is 114 cm³/mol. The number of nitro groups is 1. The van der Waals surface area contributed by atoms with E-state index in [1.807, 2.05) is 14.1 Å². The summed E-state index contributed by atoms with van der Waals surface area (Å²) in [7, 11) is 4.03. The number of carbonyl (C=O) groups is 1. The molecule has 1 aliphatic rings. The quantitative estimate of drug-likeness (QED) is 0.572. The van der Waals surface area contributed by atoms with Crippen LogP contribution in [0.5, 0.6) is 0 Å². The van der Waals surface area contributed by atoms with Crippen molar-refractivity contribution in [3.8, 4) is 0 Å². The summed E-state index contributed by atoms with van der Waals surface area (Å²) in [4.78, 5) is 27.7. The number of anilines is 1. The molecule has 0 spiro atoms. The number of amides is 1. The number of hydrogen-bond acceptors (Lipinski definition) is 5. The van der Waals surface area contributed by atoms with Gasteiger partial charge in [0.05, 0.1) is 11.0 Å². The number of rotatable bonds is 7. The molecule has 0 radical (unpaired) electrons. The van der Waals surface area contributed by atoms with Crippen LogP contribution in [0.2, 0.25) is 0 Å². The standard InChI is InChI=1S/C22H28N4O3/c1-16-14-18(8-11-20(16)26(28)29)22(27)23-15-21(25-12-4-5-13-25)17-6-9-19(10-7-17)24(2)3/h6-11,14,21H,4-5,12-13,15H2,1-3H3,(H,23,27)/t21-/m0/s1. The fourth-order valence-corrected chi connectivity index (χ4v) is 3.80. The number of hydrogen-bond donors (Lipinski definition) is 1. The summed E-state index contributed by atoms with van der Waals surface area (Å²) in [5, 5.41) is 14.0. The highest BCUT2D eigenvalue weighted by Gasteiger charge is 2.24. The van der Waals surface area contributed by atoms with Gasteiger partial charge in [0.1, 0.15) is 0 Å². The van der Waals surface area contributed by atoms with Crippen LogP contribution in [-0.4, -0.2) is 49.5 Å². The van der Waals surface area contributed by atoms with E-state index in [2.05, 4.69) is 39.4 Å². The second kappa shape index (κ2) is 9.05. The molecule has 0 aromatic heterocycles. The lowest BCUT2D eigenvalue weighted by atomic mass is 10.0. The van der Waals surface area contributed by atoms with Gasteiger partial charge < -0.3 is 10.2 Å². The molecule has 2 aromatic rings. The zero-order chi connectivity index (χ0) is 21.0. The highest BCUT2D eigenvalue weighted by atomic mass is 16.6. The molecular formula is C22H28N4O3. The Morgan fingerprint density at radius 2 is 1.83 bits per heavy atom.